The molecule has 1 aliphatic carbocycles. The number of nitrogens with zero attached hydrogens (tertiary/aromatic N) is 5. The standard InChI is InChI=1S/C19H20N6O2S/c26-17-5-4-14(12-6-8-20-9-7-12)23-25(17)16-11-27-10-15(16)21-19-22-18(24-28-19)13-2-1-3-13/h4-9,13,15-16H,1-3,10-11H2,(H,21,22,24). The fourth-order valence-corrected chi connectivity index (χ4v) is 4.25. The fraction of sp³-hybridized carbons (Fsp3) is 0.421. The van der Waals surface area contributed by atoms with E-state index in [0.717, 1.165) is 22.2 Å². The van der Waals surface area contributed by atoms with Crippen LogP contribution in [0.25, 0.3) is 11.3 Å². The lowest BCUT2D eigenvalue weighted by Gasteiger charge is -2.22. The van der Waals surface area contributed by atoms with Crippen LogP contribution in [0, 0.1) is 0 Å². The number of pyridine rings is 1. The van der Waals surface area contributed by atoms with Gasteiger partial charge in [-0.25, -0.2) is 9.67 Å². The summed E-state index contributed by atoms with van der Waals surface area (Å²) in [6.07, 6.45) is 7.03. The molecular weight excluding hydrogens is 376 g/mol. The molecule has 0 bridgehead atoms. The molecule has 2 aliphatic rings. The van der Waals surface area contributed by atoms with Crippen molar-refractivity contribution in [3.05, 3.63) is 52.8 Å². The van der Waals surface area contributed by atoms with Crippen molar-refractivity contribution in [1.29, 1.82) is 0 Å². The Morgan fingerprint density at radius 2 is 2.00 bits per heavy atom. The van der Waals surface area contributed by atoms with Crippen LogP contribution in [0.1, 0.15) is 37.0 Å². The Morgan fingerprint density at radius 3 is 2.79 bits per heavy atom. The van der Waals surface area contributed by atoms with Crippen LogP contribution in [0.15, 0.2) is 41.5 Å². The van der Waals surface area contributed by atoms with E-state index in [-0.39, 0.29) is 17.6 Å². The summed E-state index contributed by atoms with van der Waals surface area (Å²) in [5, 5.41) is 8.78. The quantitative estimate of drug-likeness (QED) is 0.708. The van der Waals surface area contributed by atoms with Gasteiger partial charge in [-0.05, 0) is 31.0 Å². The number of aromatic nitrogens is 5. The second-order valence-electron chi connectivity index (χ2n) is 7.18. The van der Waals surface area contributed by atoms with Gasteiger partial charge in [-0.1, -0.05) is 6.42 Å². The lowest BCUT2D eigenvalue weighted by Crippen LogP contribution is -2.37. The van der Waals surface area contributed by atoms with Gasteiger partial charge in [-0.3, -0.25) is 9.78 Å². The van der Waals surface area contributed by atoms with Gasteiger partial charge in [0.2, 0.25) is 5.13 Å². The van der Waals surface area contributed by atoms with Crippen LogP contribution in [-0.4, -0.2) is 43.4 Å². The molecule has 1 saturated heterocycles. The van der Waals surface area contributed by atoms with E-state index >= 15 is 0 Å². The van der Waals surface area contributed by atoms with E-state index in [1.807, 2.05) is 12.1 Å². The third-order valence-corrected chi connectivity index (χ3v) is 6.05. The summed E-state index contributed by atoms with van der Waals surface area (Å²) in [7, 11) is 0. The van der Waals surface area contributed by atoms with Crippen LogP contribution in [0.4, 0.5) is 5.13 Å². The Balaban J connectivity index is 1.39. The van der Waals surface area contributed by atoms with Gasteiger partial charge in [-0.15, -0.1) is 0 Å². The molecule has 4 heterocycles. The highest BCUT2D eigenvalue weighted by atomic mass is 32.1. The third kappa shape index (κ3) is 3.31. The van der Waals surface area contributed by atoms with Gasteiger partial charge in [0.05, 0.1) is 24.9 Å². The Bertz CT molecular complexity index is 1020. The maximum absolute atomic E-state index is 12.5. The Morgan fingerprint density at radius 1 is 1.14 bits per heavy atom. The topological polar surface area (TPSA) is 94.8 Å². The largest absolute Gasteiger partial charge is 0.377 e. The molecule has 5 rings (SSSR count). The number of hydrogen-bond donors (Lipinski definition) is 1. The molecule has 28 heavy (non-hydrogen) atoms. The van der Waals surface area contributed by atoms with Gasteiger partial charge >= 0.3 is 0 Å². The molecule has 3 aromatic rings. The molecule has 0 aromatic carbocycles. The number of ether oxygens (including phenoxy) is 1. The Hall–Kier alpha value is -2.65. The first-order valence-electron chi connectivity index (χ1n) is 9.46. The lowest BCUT2D eigenvalue weighted by atomic mass is 9.85. The Kier molecular flexibility index (Phi) is 4.61. The van der Waals surface area contributed by atoms with E-state index in [9.17, 15) is 4.79 Å². The average molecular weight is 396 g/mol. The summed E-state index contributed by atoms with van der Waals surface area (Å²) < 4.78 is 11.7. The van der Waals surface area contributed by atoms with Gasteiger partial charge < -0.3 is 10.1 Å². The van der Waals surface area contributed by atoms with Gasteiger partial charge in [0.1, 0.15) is 11.9 Å². The maximum atomic E-state index is 12.5. The molecule has 1 aliphatic heterocycles. The van der Waals surface area contributed by atoms with E-state index in [1.165, 1.54) is 35.5 Å². The minimum absolute atomic E-state index is 0.0833. The normalized spacial score (nSPS) is 22.1. The molecule has 0 spiro atoms. The summed E-state index contributed by atoms with van der Waals surface area (Å²) in [4.78, 5) is 21.2. The van der Waals surface area contributed by atoms with Crippen molar-refractivity contribution in [3.63, 3.8) is 0 Å². The summed E-state index contributed by atoms with van der Waals surface area (Å²) in [6.45, 7) is 0.926. The second kappa shape index (κ2) is 7.40. The Labute approximate surface area is 165 Å². The molecular formula is C19H20N6O2S. The zero-order valence-corrected chi connectivity index (χ0v) is 16.0. The van der Waals surface area contributed by atoms with E-state index in [0.29, 0.717) is 19.1 Å². The molecule has 0 amide bonds. The highest BCUT2D eigenvalue weighted by molar-refractivity contribution is 7.09. The smallest absolute Gasteiger partial charge is 0.267 e. The van der Waals surface area contributed by atoms with Crippen LogP contribution in [-0.2, 0) is 4.74 Å². The van der Waals surface area contributed by atoms with Gasteiger partial charge in [0.15, 0.2) is 0 Å². The van der Waals surface area contributed by atoms with E-state index in [1.54, 1.807) is 24.5 Å². The van der Waals surface area contributed by atoms with Crippen LogP contribution in [0.5, 0.6) is 0 Å². The van der Waals surface area contributed by atoms with Crippen molar-refractivity contribution in [2.24, 2.45) is 0 Å². The molecule has 0 radical (unpaired) electrons. The van der Waals surface area contributed by atoms with Crippen molar-refractivity contribution in [1.82, 2.24) is 24.1 Å². The van der Waals surface area contributed by atoms with Crippen LogP contribution < -0.4 is 10.9 Å². The number of anilines is 1. The number of rotatable bonds is 5. The highest BCUT2D eigenvalue weighted by Gasteiger charge is 2.33. The minimum Gasteiger partial charge on any atom is -0.377 e. The maximum Gasteiger partial charge on any atom is 0.267 e. The number of nitrogens with one attached hydrogen (secondary N) is 1. The molecule has 2 atom stereocenters. The molecule has 2 unspecified atom stereocenters. The molecule has 9 heteroatoms. The van der Waals surface area contributed by atoms with Crippen LogP contribution >= 0.6 is 11.5 Å². The minimum atomic E-state index is -0.203. The predicted molar refractivity (Wildman–Crippen MR) is 105 cm³/mol. The van der Waals surface area contributed by atoms with Gasteiger partial charge in [0, 0.05) is 41.5 Å². The third-order valence-electron chi connectivity index (χ3n) is 5.39. The first-order valence-corrected chi connectivity index (χ1v) is 10.2. The van der Waals surface area contributed by atoms with Crippen molar-refractivity contribution >= 4 is 16.7 Å². The van der Waals surface area contributed by atoms with Gasteiger partial charge in [0.25, 0.3) is 5.56 Å². The molecule has 3 aromatic heterocycles. The van der Waals surface area contributed by atoms with Crippen molar-refractivity contribution in [3.8, 4) is 11.3 Å². The zero-order valence-electron chi connectivity index (χ0n) is 15.2. The van der Waals surface area contributed by atoms with Crippen molar-refractivity contribution in [2.75, 3.05) is 18.5 Å². The molecule has 8 nitrogen and oxygen atoms in total. The zero-order chi connectivity index (χ0) is 18.9. The van der Waals surface area contributed by atoms with Crippen molar-refractivity contribution < 1.29 is 4.74 Å². The second-order valence-corrected chi connectivity index (χ2v) is 7.93. The predicted octanol–water partition coefficient (Wildman–Crippen LogP) is 2.48. The molecule has 2 fully saturated rings. The molecule has 1 saturated carbocycles. The fourth-order valence-electron chi connectivity index (χ4n) is 3.55. The van der Waals surface area contributed by atoms with Gasteiger partial charge in [-0.2, -0.15) is 9.47 Å². The summed E-state index contributed by atoms with van der Waals surface area (Å²) >= 11 is 1.37. The molecule has 1 N–H and O–H groups in total. The van der Waals surface area contributed by atoms with Crippen LogP contribution in [0.2, 0.25) is 0 Å². The summed E-state index contributed by atoms with van der Waals surface area (Å²) in [5.74, 6) is 1.44. The van der Waals surface area contributed by atoms with E-state index in [2.05, 4.69) is 24.8 Å². The van der Waals surface area contributed by atoms with E-state index < -0.39 is 0 Å². The first kappa shape index (κ1) is 17.4. The van der Waals surface area contributed by atoms with Crippen LogP contribution in [0.3, 0.4) is 0 Å². The number of hydrogen-bond acceptors (Lipinski definition) is 8. The van der Waals surface area contributed by atoms with Crippen molar-refractivity contribution in [2.45, 2.75) is 37.3 Å². The summed E-state index contributed by atoms with van der Waals surface area (Å²) in [6, 6.07) is 6.76. The monoisotopic (exact) mass is 396 g/mol. The van der Waals surface area contributed by atoms with E-state index in [4.69, 9.17) is 4.74 Å². The summed E-state index contributed by atoms with van der Waals surface area (Å²) in [5.41, 5.74) is 1.50. The first-order chi connectivity index (χ1) is 13.8. The highest BCUT2D eigenvalue weighted by Crippen LogP contribution is 2.36. The molecule has 144 valence electrons. The lowest BCUT2D eigenvalue weighted by molar-refractivity contribution is 0.183. The SMILES string of the molecule is O=c1ccc(-c2ccncc2)nn1C1COCC1Nc1nc(C2CCC2)ns1. The average Bonchev–Trinajstić information content (AvgIpc) is 3.32.